The molecule has 13 heavy (non-hydrogen) atoms. The molecule has 0 rings (SSSR count). The summed E-state index contributed by atoms with van der Waals surface area (Å²) in [5.74, 6) is 0. The van der Waals surface area contributed by atoms with Crippen LogP contribution in [0, 0.1) is 0 Å². The number of hydrogen-bond acceptors (Lipinski definition) is 0. The summed E-state index contributed by atoms with van der Waals surface area (Å²) in [4.78, 5) is 0. The van der Waals surface area contributed by atoms with Crippen LogP contribution in [-0.2, 0) is 94.5 Å². The molecule has 0 bridgehead atoms. The van der Waals surface area contributed by atoms with Crippen LogP contribution < -0.4 is 23.5 Å². The average molecular weight is 454 g/mol. The molecule has 0 saturated heterocycles. The van der Waals surface area contributed by atoms with Crippen LogP contribution in [0.5, 0.6) is 0 Å². The Hall–Kier alpha value is 1.67. The monoisotopic (exact) mass is 454 g/mol. The van der Waals surface area contributed by atoms with Gasteiger partial charge >= 0.3 is 67.1 Å². The van der Waals surface area contributed by atoms with Gasteiger partial charge in [-0.25, -0.2) is 0 Å². The van der Waals surface area contributed by atoms with E-state index >= 15 is 0 Å². The molecule has 0 heterocycles. The predicted molar refractivity (Wildman–Crippen MR) is 3.43 cm³/mol. The SMILES string of the molecule is [F-].[F-].[F-].[F-].[F-].[Nb+5].[Nb+5].[Nb+5].[O-2].[O-2].[O-2].[O-2].[O-2]. The van der Waals surface area contributed by atoms with Crippen LogP contribution in [0.25, 0.3) is 0 Å². The molecule has 0 fully saturated rings. The van der Waals surface area contributed by atoms with Crippen LogP contribution in [0.15, 0.2) is 0 Å². The molecular weight excluding hydrogens is 454 g/mol. The first-order valence-electron chi connectivity index (χ1n) is 0. The third kappa shape index (κ3) is 667. The van der Waals surface area contributed by atoms with E-state index in [0.29, 0.717) is 0 Å². The van der Waals surface area contributed by atoms with E-state index < -0.39 is 0 Å². The molecule has 0 aliphatic carbocycles. The molecule has 5 nitrogen and oxygen atoms in total. The Bertz CT molecular complexity index is 20.1. The summed E-state index contributed by atoms with van der Waals surface area (Å²) < 4.78 is 0. The molecule has 80 valence electrons. The van der Waals surface area contributed by atoms with E-state index in [4.69, 9.17) is 0 Å². The van der Waals surface area contributed by atoms with E-state index in [2.05, 4.69) is 0 Å². The molecule has 0 spiro atoms. The van der Waals surface area contributed by atoms with Crippen LogP contribution in [0.1, 0.15) is 0 Å². The van der Waals surface area contributed by atoms with Crippen molar-refractivity contribution in [2.45, 2.75) is 0 Å². The molecule has 0 N–H and O–H groups in total. The van der Waals surface area contributed by atoms with Crippen molar-refractivity contribution in [3.05, 3.63) is 0 Å². The van der Waals surface area contributed by atoms with E-state index in [9.17, 15) is 0 Å². The zero-order valence-electron chi connectivity index (χ0n) is 5.27. The van der Waals surface area contributed by atoms with Crippen molar-refractivity contribution in [1.29, 1.82) is 0 Å². The fourth-order valence-corrected chi connectivity index (χ4v) is 0. The Kier molecular flexibility index (Phi) is 59400. The van der Waals surface area contributed by atoms with Gasteiger partial charge in [0.1, 0.15) is 0 Å². The summed E-state index contributed by atoms with van der Waals surface area (Å²) in [6.07, 6.45) is 0. The van der Waals surface area contributed by atoms with Crippen molar-refractivity contribution in [2.75, 3.05) is 0 Å². The zero-order valence-corrected chi connectivity index (χ0v) is 11.9. The first-order valence-corrected chi connectivity index (χ1v) is 0. The smallest absolute Gasteiger partial charge is 2.00 e. The van der Waals surface area contributed by atoms with Crippen LogP contribution >= 0.6 is 0 Å². The minimum atomic E-state index is 0. The Balaban J connectivity index is 0. The van der Waals surface area contributed by atoms with E-state index in [0.717, 1.165) is 0 Å². The maximum absolute atomic E-state index is 0. The van der Waals surface area contributed by atoms with Crippen molar-refractivity contribution in [3.8, 4) is 0 Å². The number of rotatable bonds is 0. The van der Waals surface area contributed by atoms with E-state index in [1.165, 1.54) is 0 Å². The second kappa shape index (κ2) is 786. The third-order valence-corrected chi connectivity index (χ3v) is 0. The van der Waals surface area contributed by atoms with Crippen molar-refractivity contribution >= 4 is 0 Å². The molecule has 0 radical (unpaired) electrons. The van der Waals surface area contributed by atoms with Crippen LogP contribution in [0.2, 0.25) is 0 Å². The fourth-order valence-electron chi connectivity index (χ4n) is 0. The second-order valence-electron chi connectivity index (χ2n) is 0. The third-order valence-electron chi connectivity index (χ3n) is 0. The normalized spacial score (nSPS) is 0. The summed E-state index contributed by atoms with van der Waals surface area (Å²) in [7, 11) is 0. The van der Waals surface area contributed by atoms with Gasteiger partial charge in [0.05, 0.1) is 0 Å². The summed E-state index contributed by atoms with van der Waals surface area (Å²) >= 11 is 0. The van der Waals surface area contributed by atoms with Gasteiger partial charge in [0, 0.05) is 0 Å². The van der Waals surface area contributed by atoms with Gasteiger partial charge < -0.3 is 50.9 Å². The molecule has 0 aromatic heterocycles. The second-order valence-corrected chi connectivity index (χ2v) is 0. The standard InChI is InChI=1S/5FH.3Nb.5O/h5*1H;;;;;;;;/q;;;;;3*+5;5*-2/p-5. The van der Waals surface area contributed by atoms with Gasteiger partial charge in [0.2, 0.25) is 0 Å². The van der Waals surface area contributed by atoms with Crippen molar-refractivity contribution in [1.82, 2.24) is 0 Å². The van der Waals surface area contributed by atoms with Gasteiger partial charge in [-0.3, -0.25) is 0 Å². The molecule has 0 saturated carbocycles. The van der Waals surface area contributed by atoms with Crippen LogP contribution in [0.4, 0.5) is 0 Å². The Labute approximate surface area is 117 Å². The zero-order chi connectivity index (χ0) is 0. The largest absolute Gasteiger partial charge is 5.00 e. The maximum atomic E-state index is 0. The molecular formula is F5Nb3O5. The molecule has 0 aliphatic rings. The van der Waals surface area contributed by atoms with Gasteiger partial charge in [-0.1, -0.05) is 0 Å². The summed E-state index contributed by atoms with van der Waals surface area (Å²) in [6, 6.07) is 0. The topological polar surface area (TPSA) is 142 Å². The molecule has 0 aromatic rings. The average Bonchev–Trinajstić information content (AvgIpc) is 0. The van der Waals surface area contributed by atoms with Crippen molar-refractivity contribution < 1.29 is 118 Å². The summed E-state index contributed by atoms with van der Waals surface area (Å²) in [5.41, 5.74) is 0. The Morgan fingerprint density at radius 2 is 0.231 bits per heavy atom. The van der Waals surface area contributed by atoms with Gasteiger partial charge in [0.15, 0.2) is 0 Å². The van der Waals surface area contributed by atoms with E-state index in [1.807, 2.05) is 0 Å². The Morgan fingerprint density at radius 1 is 0.231 bits per heavy atom. The molecule has 0 unspecified atom stereocenters. The summed E-state index contributed by atoms with van der Waals surface area (Å²) in [6.45, 7) is 0. The molecule has 0 aliphatic heterocycles. The van der Waals surface area contributed by atoms with E-state index in [-0.39, 0.29) is 118 Å². The molecule has 0 amide bonds. The van der Waals surface area contributed by atoms with Crippen molar-refractivity contribution in [2.24, 2.45) is 0 Å². The first-order chi connectivity index (χ1) is 0. The number of halogens is 5. The van der Waals surface area contributed by atoms with Crippen LogP contribution in [-0.4, -0.2) is 0 Å². The molecule has 0 atom stereocenters. The minimum absolute atomic E-state index is 0. The molecule has 0 aromatic carbocycles. The maximum Gasteiger partial charge on any atom is 5.00 e. The minimum Gasteiger partial charge on any atom is -2.00 e. The Morgan fingerprint density at radius 3 is 0.231 bits per heavy atom. The summed E-state index contributed by atoms with van der Waals surface area (Å²) in [5, 5.41) is 0. The quantitative estimate of drug-likeness (QED) is 0.254. The van der Waals surface area contributed by atoms with Crippen LogP contribution in [0.3, 0.4) is 0 Å². The van der Waals surface area contributed by atoms with Crippen molar-refractivity contribution in [3.63, 3.8) is 0 Å². The van der Waals surface area contributed by atoms with Gasteiger partial charge in [-0.2, -0.15) is 0 Å². The predicted octanol–water partition coefficient (Wildman–Crippen LogP) is -15.6. The first kappa shape index (κ1) is 982. The van der Waals surface area contributed by atoms with Gasteiger partial charge in [0.25, 0.3) is 0 Å². The van der Waals surface area contributed by atoms with E-state index in [1.54, 1.807) is 0 Å². The van der Waals surface area contributed by atoms with Gasteiger partial charge in [-0.05, 0) is 0 Å². The van der Waals surface area contributed by atoms with Gasteiger partial charge in [-0.15, -0.1) is 0 Å². The molecule has 13 heteroatoms. The fraction of sp³-hybridized carbons (Fsp3) is 0. The number of hydrogen-bond donors (Lipinski definition) is 0.